The molecule has 2 unspecified atom stereocenters. The lowest BCUT2D eigenvalue weighted by Crippen LogP contribution is -2.17. The van der Waals surface area contributed by atoms with Gasteiger partial charge in [0, 0.05) is 36.0 Å². The van der Waals surface area contributed by atoms with Gasteiger partial charge in [0.1, 0.15) is 0 Å². The van der Waals surface area contributed by atoms with Gasteiger partial charge in [-0.05, 0) is 24.9 Å². The fourth-order valence-electron chi connectivity index (χ4n) is 1.80. The van der Waals surface area contributed by atoms with Crippen LogP contribution in [0.4, 0.5) is 0 Å². The Kier molecular flexibility index (Phi) is 1.67. The highest BCUT2D eigenvalue weighted by atomic mass is 127. The second-order valence-corrected chi connectivity index (χ2v) is 4.37. The largest absolute Gasteiger partial charge is 0.316 e. The molecular weight excluding hydrogens is 227 g/mol. The van der Waals surface area contributed by atoms with Gasteiger partial charge in [-0.2, -0.15) is 0 Å². The van der Waals surface area contributed by atoms with Crippen molar-refractivity contribution in [3.63, 3.8) is 0 Å². The number of nitrogens with zero attached hydrogens (tertiary/aromatic N) is 1. The minimum absolute atomic E-state index is 0.960. The Balaban J connectivity index is 2.02. The second kappa shape index (κ2) is 2.36. The van der Waals surface area contributed by atoms with E-state index in [1.165, 1.54) is 26.2 Å². The molecule has 0 aromatic rings. The minimum Gasteiger partial charge on any atom is -0.316 e. The number of halogens is 1. The van der Waals surface area contributed by atoms with Gasteiger partial charge in [0.15, 0.2) is 0 Å². The quantitative estimate of drug-likeness (QED) is 0.488. The standard InChI is InChI=1S/C6H11IN2/c7-9-3-5-1-8-2-6(5)4-9/h5-6,8H,1-4H2. The maximum atomic E-state index is 3.41. The van der Waals surface area contributed by atoms with Crippen LogP contribution in [-0.2, 0) is 0 Å². The summed E-state index contributed by atoms with van der Waals surface area (Å²) < 4.78 is 2.41. The average molecular weight is 238 g/mol. The number of nitrogens with one attached hydrogen (secondary N) is 1. The van der Waals surface area contributed by atoms with Crippen LogP contribution in [0.3, 0.4) is 0 Å². The Morgan fingerprint density at radius 3 is 2.33 bits per heavy atom. The first-order valence-electron chi connectivity index (χ1n) is 3.47. The van der Waals surface area contributed by atoms with E-state index in [4.69, 9.17) is 0 Å². The molecule has 52 valence electrons. The Hall–Kier alpha value is 0.650. The third-order valence-corrected chi connectivity index (χ3v) is 3.13. The first kappa shape index (κ1) is 6.37. The van der Waals surface area contributed by atoms with Crippen molar-refractivity contribution in [2.24, 2.45) is 11.8 Å². The van der Waals surface area contributed by atoms with Gasteiger partial charge in [0.25, 0.3) is 0 Å². The summed E-state index contributed by atoms with van der Waals surface area (Å²) in [4.78, 5) is 0. The van der Waals surface area contributed by atoms with Crippen LogP contribution in [0, 0.1) is 11.8 Å². The number of hydrogen-bond acceptors (Lipinski definition) is 2. The molecule has 2 heterocycles. The first-order chi connectivity index (χ1) is 4.36. The van der Waals surface area contributed by atoms with E-state index in [1.807, 2.05) is 0 Å². The van der Waals surface area contributed by atoms with Gasteiger partial charge in [-0.25, -0.2) is 3.11 Å². The molecule has 0 aliphatic carbocycles. The molecule has 2 rings (SSSR count). The van der Waals surface area contributed by atoms with Crippen LogP contribution in [0.25, 0.3) is 0 Å². The van der Waals surface area contributed by atoms with E-state index < -0.39 is 0 Å². The number of rotatable bonds is 0. The second-order valence-electron chi connectivity index (χ2n) is 3.01. The zero-order valence-electron chi connectivity index (χ0n) is 5.31. The summed E-state index contributed by atoms with van der Waals surface area (Å²) in [5, 5.41) is 3.41. The summed E-state index contributed by atoms with van der Waals surface area (Å²) >= 11 is 2.43. The van der Waals surface area contributed by atoms with Gasteiger partial charge in [-0.3, -0.25) is 0 Å². The summed E-state index contributed by atoms with van der Waals surface area (Å²) in [6.45, 7) is 5.12. The molecule has 2 fully saturated rings. The average Bonchev–Trinajstić information content (AvgIpc) is 2.22. The zero-order valence-corrected chi connectivity index (χ0v) is 7.47. The zero-order chi connectivity index (χ0) is 6.27. The topological polar surface area (TPSA) is 15.3 Å². The van der Waals surface area contributed by atoms with E-state index in [0.29, 0.717) is 0 Å². The smallest absolute Gasteiger partial charge is 0.0201 e. The van der Waals surface area contributed by atoms with Crippen LogP contribution >= 0.6 is 22.9 Å². The Morgan fingerprint density at radius 2 is 1.78 bits per heavy atom. The van der Waals surface area contributed by atoms with Crippen molar-refractivity contribution >= 4 is 22.9 Å². The van der Waals surface area contributed by atoms with Crippen LogP contribution in [0.5, 0.6) is 0 Å². The maximum absolute atomic E-state index is 3.41. The van der Waals surface area contributed by atoms with E-state index in [2.05, 4.69) is 31.3 Å². The lowest BCUT2D eigenvalue weighted by Gasteiger charge is -2.04. The molecule has 9 heavy (non-hydrogen) atoms. The lowest BCUT2D eigenvalue weighted by atomic mass is 10.0. The maximum Gasteiger partial charge on any atom is 0.0201 e. The monoisotopic (exact) mass is 238 g/mol. The predicted molar refractivity (Wildman–Crippen MR) is 45.4 cm³/mol. The van der Waals surface area contributed by atoms with Gasteiger partial charge in [0.2, 0.25) is 0 Å². The molecule has 0 radical (unpaired) electrons. The first-order valence-corrected chi connectivity index (χ1v) is 4.44. The molecule has 2 nitrogen and oxygen atoms in total. The van der Waals surface area contributed by atoms with Gasteiger partial charge in [-0.15, -0.1) is 0 Å². The highest BCUT2D eigenvalue weighted by Crippen LogP contribution is 2.27. The molecule has 2 aliphatic heterocycles. The van der Waals surface area contributed by atoms with Crippen molar-refractivity contribution in [1.82, 2.24) is 8.43 Å². The number of hydrogen-bond donors (Lipinski definition) is 1. The summed E-state index contributed by atoms with van der Waals surface area (Å²) in [7, 11) is 0. The Bertz CT molecular complexity index is 106. The van der Waals surface area contributed by atoms with Crippen molar-refractivity contribution in [2.45, 2.75) is 0 Å². The molecule has 3 heteroatoms. The molecule has 2 aliphatic rings. The summed E-state index contributed by atoms with van der Waals surface area (Å²) in [5.41, 5.74) is 0. The van der Waals surface area contributed by atoms with Gasteiger partial charge in [-0.1, -0.05) is 0 Å². The number of fused-ring (bicyclic) bond motifs is 1. The summed E-state index contributed by atoms with van der Waals surface area (Å²) in [6, 6.07) is 0. The summed E-state index contributed by atoms with van der Waals surface area (Å²) in [6.07, 6.45) is 0. The SMILES string of the molecule is IN1CC2CNCC2C1. The third kappa shape index (κ3) is 1.10. The molecule has 0 aromatic heterocycles. The van der Waals surface area contributed by atoms with Crippen LogP contribution in [0.2, 0.25) is 0 Å². The molecule has 2 saturated heterocycles. The van der Waals surface area contributed by atoms with Gasteiger partial charge >= 0.3 is 0 Å². The fourth-order valence-corrected chi connectivity index (χ4v) is 2.81. The molecule has 0 saturated carbocycles. The molecule has 2 atom stereocenters. The molecule has 0 bridgehead atoms. The molecular formula is C6H11IN2. The predicted octanol–water partition coefficient (Wildman–Crippen LogP) is 0.488. The van der Waals surface area contributed by atoms with Crippen molar-refractivity contribution in [1.29, 1.82) is 0 Å². The highest BCUT2D eigenvalue weighted by molar-refractivity contribution is 14.1. The van der Waals surface area contributed by atoms with Crippen LogP contribution in [0.15, 0.2) is 0 Å². The Labute approximate surface area is 69.5 Å². The summed E-state index contributed by atoms with van der Waals surface area (Å²) in [5.74, 6) is 1.92. The van der Waals surface area contributed by atoms with Crippen molar-refractivity contribution in [2.75, 3.05) is 26.2 Å². The molecule has 0 spiro atoms. The van der Waals surface area contributed by atoms with Crippen LogP contribution < -0.4 is 5.32 Å². The third-order valence-electron chi connectivity index (χ3n) is 2.34. The van der Waals surface area contributed by atoms with Gasteiger partial charge in [0.05, 0.1) is 0 Å². The molecule has 0 aromatic carbocycles. The van der Waals surface area contributed by atoms with Crippen LogP contribution in [0.1, 0.15) is 0 Å². The van der Waals surface area contributed by atoms with Crippen molar-refractivity contribution in [3.8, 4) is 0 Å². The van der Waals surface area contributed by atoms with E-state index >= 15 is 0 Å². The normalized spacial score (nSPS) is 43.7. The lowest BCUT2D eigenvalue weighted by molar-refractivity contribution is 0.533. The van der Waals surface area contributed by atoms with Gasteiger partial charge < -0.3 is 5.32 Å². The molecule has 1 N–H and O–H groups in total. The van der Waals surface area contributed by atoms with Crippen LogP contribution in [-0.4, -0.2) is 29.3 Å². The van der Waals surface area contributed by atoms with Crippen molar-refractivity contribution in [3.05, 3.63) is 0 Å². The van der Waals surface area contributed by atoms with E-state index in [0.717, 1.165) is 11.8 Å². The highest BCUT2D eigenvalue weighted by Gasteiger charge is 2.34. The molecule has 0 amide bonds. The van der Waals surface area contributed by atoms with Crippen molar-refractivity contribution < 1.29 is 0 Å². The van der Waals surface area contributed by atoms with E-state index in [9.17, 15) is 0 Å². The Morgan fingerprint density at radius 1 is 1.22 bits per heavy atom. The minimum atomic E-state index is 0.960. The van der Waals surface area contributed by atoms with E-state index in [1.54, 1.807) is 0 Å². The fraction of sp³-hybridized carbons (Fsp3) is 1.00. The van der Waals surface area contributed by atoms with E-state index in [-0.39, 0.29) is 0 Å².